The minimum absolute atomic E-state index is 0.975. The molecular formula is C15H32. The van der Waals surface area contributed by atoms with Crippen molar-refractivity contribution >= 4 is 0 Å². The van der Waals surface area contributed by atoms with Crippen LogP contribution >= 0.6 is 0 Å². The molecule has 1 unspecified atom stereocenters. The van der Waals surface area contributed by atoms with Gasteiger partial charge in [0.2, 0.25) is 0 Å². The average molecular weight is 212 g/mol. The average Bonchev–Trinajstić information content (AvgIpc) is 2.24. The molecule has 1 atom stereocenters. The molecule has 0 aliphatic carbocycles. The summed E-state index contributed by atoms with van der Waals surface area (Å²) in [6.45, 7) is 7.01. The van der Waals surface area contributed by atoms with Gasteiger partial charge in [0.25, 0.3) is 0 Å². The van der Waals surface area contributed by atoms with E-state index in [0.29, 0.717) is 0 Å². The van der Waals surface area contributed by atoms with E-state index in [1.165, 1.54) is 70.6 Å². The smallest absolute Gasteiger partial charge is 0.0443 e. The van der Waals surface area contributed by atoms with Crippen molar-refractivity contribution in [3.05, 3.63) is 0 Å². The zero-order valence-corrected chi connectivity index (χ0v) is 11.4. The predicted molar refractivity (Wildman–Crippen MR) is 71.3 cm³/mol. The SMILES string of the molecule is CCCCCCCC(C)CCCCCC. The zero-order chi connectivity index (χ0) is 11.4. The van der Waals surface area contributed by atoms with Gasteiger partial charge in [0, 0.05) is 0 Å². The van der Waals surface area contributed by atoms with Crippen molar-refractivity contribution < 1.29 is 0 Å². The fraction of sp³-hybridized carbons (Fsp3) is 1.00. The summed E-state index contributed by atoms with van der Waals surface area (Å²) in [5.41, 5.74) is 0. The maximum absolute atomic E-state index is 2.44. The lowest BCUT2D eigenvalue weighted by molar-refractivity contribution is 0.435. The topological polar surface area (TPSA) is 0 Å². The van der Waals surface area contributed by atoms with Crippen LogP contribution in [0.15, 0.2) is 0 Å². The van der Waals surface area contributed by atoms with E-state index in [1.807, 2.05) is 0 Å². The van der Waals surface area contributed by atoms with Crippen molar-refractivity contribution in [1.29, 1.82) is 0 Å². The van der Waals surface area contributed by atoms with Gasteiger partial charge in [-0.15, -0.1) is 0 Å². The molecule has 0 aromatic rings. The van der Waals surface area contributed by atoms with Crippen LogP contribution in [0.2, 0.25) is 0 Å². The van der Waals surface area contributed by atoms with Crippen molar-refractivity contribution in [3.8, 4) is 0 Å². The van der Waals surface area contributed by atoms with Gasteiger partial charge in [-0.05, 0) is 5.92 Å². The standard InChI is InChI=1S/C15H32/c1-4-6-8-10-12-14-15(3)13-11-9-7-5-2/h15H,4-14H2,1-3H3. The van der Waals surface area contributed by atoms with Crippen LogP contribution in [0.4, 0.5) is 0 Å². The Morgan fingerprint density at radius 3 is 1.47 bits per heavy atom. The summed E-state index contributed by atoms with van der Waals surface area (Å²) in [6, 6.07) is 0. The second-order valence-corrected chi connectivity index (χ2v) is 5.16. The van der Waals surface area contributed by atoms with Crippen molar-refractivity contribution in [2.45, 2.75) is 91.4 Å². The molecule has 0 saturated heterocycles. The molecule has 0 heteroatoms. The van der Waals surface area contributed by atoms with Crippen molar-refractivity contribution in [1.82, 2.24) is 0 Å². The largest absolute Gasteiger partial charge is 0.0654 e. The van der Waals surface area contributed by atoms with Gasteiger partial charge in [-0.2, -0.15) is 0 Å². The molecule has 0 heterocycles. The molecular weight excluding hydrogens is 180 g/mol. The Hall–Kier alpha value is 0. The first kappa shape index (κ1) is 15.0. The molecule has 92 valence electrons. The maximum Gasteiger partial charge on any atom is -0.0443 e. The quantitative estimate of drug-likeness (QED) is 0.371. The van der Waals surface area contributed by atoms with Gasteiger partial charge in [-0.1, -0.05) is 91.4 Å². The van der Waals surface area contributed by atoms with Gasteiger partial charge in [0.15, 0.2) is 0 Å². The summed E-state index contributed by atoms with van der Waals surface area (Å²) in [5.74, 6) is 0.975. The van der Waals surface area contributed by atoms with Crippen molar-refractivity contribution in [2.75, 3.05) is 0 Å². The second-order valence-electron chi connectivity index (χ2n) is 5.16. The molecule has 0 rings (SSSR count). The van der Waals surface area contributed by atoms with Gasteiger partial charge in [-0.25, -0.2) is 0 Å². The number of hydrogen-bond donors (Lipinski definition) is 0. The highest BCUT2D eigenvalue weighted by atomic mass is 14.1. The van der Waals surface area contributed by atoms with Crippen LogP contribution in [0, 0.1) is 5.92 Å². The molecule has 0 saturated carbocycles. The first-order valence-corrected chi connectivity index (χ1v) is 7.31. The summed E-state index contributed by atoms with van der Waals surface area (Å²) in [4.78, 5) is 0. The summed E-state index contributed by atoms with van der Waals surface area (Å²) in [6.07, 6.45) is 15.8. The zero-order valence-electron chi connectivity index (χ0n) is 11.4. The molecule has 15 heavy (non-hydrogen) atoms. The van der Waals surface area contributed by atoms with E-state index in [4.69, 9.17) is 0 Å². The van der Waals surface area contributed by atoms with Crippen LogP contribution in [-0.4, -0.2) is 0 Å². The van der Waals surface area contributed by atoms with E-state index in [9.17, 15) is 0 Å². The lowest BCUT2D eigenvalue weighted by atomic mass is 9.96. The molecule has 0 N–H and O–H groups in total. The number of rotatable bonds is 11. The fourth-order valence-corrected chi connectivity index (χ4v) is 2.16. The van der Waals surface area contributed by atoms with E-state index in [1.54, 1.807) is 0 Å². The monoisotopic (exact) mass is 212 g/mol. The fourth-order valence-electron chi connectivity index (χ4n) is 2.16. The second kappa shape index (κ2) is 12.1. The highest BCUT2D eigenvalue weighted by Crippen LogP contribution is 2.17. The Bertz CT molecular complexity index is 107. The van der Waals surface area contributed by atoms with Crippen LogP contribution in [0.1, 0.15) is 91.4 Å². The van der Waals surface area contributed by atoms with E-state index in [2.05, 4.69) is 20.8 Å². The Kier molecular flexibility index (Phi) is 12.1. The van der Waals surface area contributed by atoms with Crippen LogP contribution in [0.25, 0.3) is 0 Å². The minimum Gasteiger partial charge on any atom is -0.0654 e. The molecule has 0 aliphatic rings. The van der Waals surface area contributed by atoms with Crippen LogP contribution in [0.5, 0.6) is 0 Å². The van der Waals surface area contributed by atoms with Crippen molar-refractivity contribution in [2.24, 2.45) is 5.92 Å². The summed E-state index contributed by atoms with van der Waals surface area (Å²) in [7, 11) is 0. The third kappa shape index (κ3) is 11.9. The van der Waals surface area contributed by atoms with Gasteiger partial charge in [0.05, 0.1) is 0 Å². The molecule has 0 aromatic carbocycles. The van der Waals surface area contributed by atoms with Crippen molar-refractivity contribution in [3.63, 3.8) is 0 Å². The first-order chi connectivity index (χ1) is 7.31. The van der Waals surface area contributed by atoms with E-state index < -0.39 is 0 Å². The Morgan fingerprint density at radius 1 is 0.600 bits per heavy atom. The molecule has 0 fully saturated rings. The molecule has 0 radical (unpaired) electrons. The summed E-state index contributed by atoms with van der Waals surface area (Å²) in [5, 5.41) is 0. The highest BCUT2D eigenvalue weighted by Gasteiger charge is 2.01. The molecule has 0 bridgehead atoms. The van der Waals surface area contributed by atoms with Crippen LogP contribution in [-0.2, 0) is 0 Å². The third-order valence-electron chi connectivity index (χ3n) is 3.35. The van der Waals surface area contributed by atoms with E-state index in [0.717, 1.165) is 5.92 Å². The van der Waals surface area contributed by atoms with Gasteiger partial charge in [0.1, 0.15) is 0 Å². The lowest BCUT2D eigenvalue weighted by Gasteiger charge is -2.10. The van der Waals surface area contributed by atoms with Crippen LogP contribution < -0.4 is 0 Å². The third-order valence-corrected chi connectivity index (χ3v) is 3.35. The van der Waals surface area contributed by atoms with Gasteiger partial charge >= 0.3 is 0 Å². The predicted octanol–water partition coefficient (Wildman–Crippen LogP) is 5.95. The summed E-state index contributed by atoms with van der Waals surface area (Å²) >= 11 is 0. The Balaban J connectivity index is 3.08. The Morgan fingerprint density at radius 2 is 1.00 bits per heavy atom. The first-order valence-electron chi connectivity index (χ1n) is 7.31. The number of hydrogen-bond acceptors (Lipinski definition) is 0. The molecule has 0 nitrogen and oxygen atoms in total. The van der Waals surface area contributed by atoms with Gasteiger partial charge in [-0.3, -0.25) is 0 Å². The highest BCUT2D eigenvalue weighted by molar-refractivity contribution is 4.55. The van der Waals surface area contributed by atoms with E-state index in [-0.39, 0.29) is 0 Å². The van der Waals surface area contributed by atoms with Crippen LogP contribution in [0.3, 0.4) is 0 Å². The lowest BCUT2D eigenvalue weighted by Crippen LogP contribution is -1.95. The minimum atomic E-state index is 0.975. The number of unbranched alkanes of at least 4 members (excludes halogenated alkanes) is 7. The summed E-state index contributed by atoms with van der Waals surface area (Å²) < 4.78 is 0. The van der Waals surface area contributed by atoms with E-state index >= 15 is 0 Å². The molecule has 0 spiro atoms. The molecule has 0 amide bonds. The Labute approximate surface area is 97.8 Å². The molecule has 0 aliphatic heterocycles. The van der Waals surface area contributed by atoms with Gasteiger partial charge < -0.3 is 0 Å². The molecule has 0 aromatic heterocycles. The maximum atomic E-state index is 2.44. The normalized spacial score (nSPS) is 13.0.